The van der Waals surface area contributed by atoms with Crippen LogP contribution >= 0.6 is 11.8 Å². The van der Waals surface area contributed by atoms with Crippen LogP contribution in [0.2, 0.25) is 0 Å². The second kappa shape index (κ2) is 7.92. The molecule has 138 valence electrons. The summed E-state index contributed by atoms with van der Waals surface area (Å²) in [6.07, 6.45) is 5.77. The van der Waals surface area contributed by atoms with E-state index in [0.717, 1.165) is 34.9 Å². The van der Waals surface area contributed by atoms with Crippen molar-refractivity contribution in [1.29, 1.82) is 0 Å². The monoisotopic (exact) mass is 379 g/mol. The fraction of sp³-hybridized carbons (Fsp3) is 0.300. The molecule has 1 fully saturated rings. The number of carbonyl (C=O) groups is 1. The molecule has 0 unspecified atom stereocenters. The standard InChI is InChI=1S/C20H21N5OS/c1-14-4-2-3-5-16(14)12-22-18(26)13-27-20-24-23-19(25(20)17-6-7-17)15-8-10-21-11-9-15/h2-5,8-11,17H,6-7,12-13H2,1H3,(H,22,26). The van der Waals surface area contributed by atoms with Crippen LogP contribution in [0.1, 0.15) is 30.0 Å². The van der Waals surface area contributed by atoms with Gasteiger partial charge in [-0.3, -0.25) is 14.3 Å². The van der Waals surface area contributed by atoms with Crippen LogP contribution in [-0.2, 0) is 11.3 Å². The van der Waals surface area contributed by atoms with Crippen molar-refractivity contribution < 1.29 is 4.79 Å². The summed E-state index contributed by atoms with van der Waals surface area (Å²) in [6.45, 7) is 2.60. The number of hydrogen-bond acceptors (Lipinski definition) is 5. The Morgan fingerprint density at radius 2 is 1.96 bits per heavy atom. The molecule has 4 rings (SSSR count). The zero-order valence-corrected chi connectivity index (χ0v) is 15.9. The quantitative estimate of drug-likeness (QED) is 0.637. The molecule has 2 heterocycles. The number of aryl methyl sites for hydroxylation is 1. The second-order valence-corrected chi connectivity index (χ2v) is 7.58. The van der Waals surface area contributed by atoms with Crippen LogP contribution in [0.15, 0.2) is 53.9 Å². The highest BCUT2D eigenvalue weighted by atomic mass is 32.2. The highest BCUT2D eigenvalue weighted by molar-refractivity contribution is 7.99. The maximum Gasteiger partial charge on any atom is 0.230 e. The summed E-state index contributed by atoms with van der Waals surface area (Å²) in [6, 6.07) is 12.4. The molecule has 0 atom stereocenters. The number of carbonyl (C=O) groups excluding carboxylic acids is 1. The number of pyridine rings is 1. The second-order valence-electron chi connectivity index (χ2n) is 6.64. The van der Waals surface area contributed by atoms with Crippen LogP contribution in [0.5, 0.6) is 0 Å². The number of nitrogens with zero attached hydrogens (tertiary/aromatic N) is 4. The number of rotatable bonds is 7. The van der Waals surface area contributed by atoms with E-state index in [4.69, 9.17) is 0 Å². The van der Waals surface area contributed by atoms with E-state index in [9.17, 15) is 4.79 Å². The van der Waals surface area contributed by atoms with Crippen molar-refractivity contribution >= 4 is 17.7 Å². The Kier molecular flexibility index (Phi) is 5.20. The third kappa shape index (κ3) is 4.19. The van der Waals surface area contributed by atoms with Gasteiger partial charge in [0.1, 0.15) is 0 Å². The summed E-state index contributed by atoms with van der Waals surface area (Å²) in [5.41, 5.74) is 3.32. The zero-order valence-electron chi connectivity index (χ0n) is 15.1. The van der Waals surface area contributed by atoms with E-state index in [2.05, 4.69) is 38.1 Å². The van der Waals surface area contributed by atoms with Gasteiger partial charge in [-0.2, -0.15) is 0 Å². The van der Waals surface area contributed by atoms with Gasteiger partial charge >= 0.3 is 0 Å². The molecule has 27 heavy (non-hydrogen) atoms. The lowest BCUT2D eigenvalue weighted by molar-refractivity contribution is -0.118. The van der Waals surface area contributed by atoms with Crippen LogP contribution < -0.4 is 5.32 Å². The molecule has 0 bridgehead atoms. The van der Waals surface area contributed by atoms with Gasteiger partial charge in [0, 0.05) is 30.5 Å². The summed E-state index contributed by atoms with van der Waals surface area (Å²) < 4.78 is 2.16. The Balaban J connectivity index is 1.40. The number of hydrogen-bond donors (Lipinski definition) is 1. The van der Waals surface area contributed by atoms with Gasteiger partial charge in [-0.1, -0.05) is 36.0 Å². The molecule has 1 aliphatic rings. The number of thioether (sulfide) groups is 1. The predicted octanol–water partition coefficient (Wildman–Crippen LogP) is 3.39. The Morgan fingerprint density at radius 1 is 1.19 bits per heavy atom. The predicted molar refractivity (Wildman–Crippen MR) is 105 cm³/mol. The molecule has 1 saturated carbocycles. The molecule has 6 nitrogen and oxygen atoms in total. The zero-order chi connectivity index (χ0) is 18.6. The van der Waals surface area contributed by atoms with Gasteiger partial charge in [-0.05, 0) is 43.0 Å². The largest absolute Gasteiger partial charge is 0.351 e. The van der Waals surface area contributed by atoms with Crippen molar-refractivity contribution in [2.24, 2.45) is 0 Å². The van der Waals surface area contributed by atoms with E-state index in [0.29, 0.717) is 18.3 Å². The van der Waals surface area contributed by atoms with E-state index >= 15 is 0 Å². The fourth-order valence-electron chi connectivity index (χ4n) is 2.92. The molecule has 0 aliphatic heterocycles. The van der Waals surface area contributed by atoms with E-state index < -0.39 is 0 Å². The summed E-state index contributed by atoms with van der Waals surface area (Å²) >= 11 is 1.44. The van der Waals surface area contributed by atoms with Crippen molar-refractivity contribution in [2.75, 3.05) is 5.75 Å². The minimum atomic E-state index is -0.000869. The Labute approximate surface area is 162 Å². The summed E-state index contributed by atoms with van der Waals surface area (Å²) in [4.78, 5) is 16.3. The lowest BCUT2D eigenvalue weighted by Crippen LogP contribution is -2.25. The Hall–Kier alpha value is -2.67. The lowest BCUT2D eigenvalue weighted by atomic mass is 10.1. The molecule has 2 aromatic heterocycles. The Bertz CT molecular complexity index is 937. The van der Waals surface area contributed by atoms with Crippen LogP contribution in [0.4, 0.5) is 0 Å². The molecule has 0 saturated heterocycles. The van der Waals surface area contributed by atoms with Gasteiger partial charge in [-0.15, -0.1) is 10.2 Å². The highest BCUT2D eigenvalue weighted by Gasteiger charge is 2.30. The first-order valence-corrected chi connectivity index (χ1v) is 10.0. The SMILES string of the molecule is Cc1ccccc1CNC(=O)CSc1nnc(-c2ccncc2)n1C1CC1. The smallest absolute Gasteiger partial charge is 0.230 e. The molecule has 0 radical (unpaired) electrons. The molecule has 1 aromatic carbocycles. The fourth-order valence-corrected chi connectivity index (χ4v) is 3.75. The van der Waals surface area contributed by atoms with E-state index in [1.54, 1.807) is 12.4 Å². The van der Waals surface area contributed by atoms with Crippen LogP contribution in [0, 0.1) is 6.92 Å². The van der Waals surface area contributed by atoms with Gasteiger partial charge in [0.05, 0.1) is 5.75 Å². The van der Waals surface area contributed by atoms with Crippen LogP contribution in [0.3, 0.4) is 0 Å². The van der Waals surface area contributed by atoms with Crippen molar-refractivity contribution in [1.82, 2.24) is 25.1 Å². The number of amides is 1. The van der Waals surface area contributed by atoms with E-state index in [1.807, 2.05) is 30.3 Å². The average Bonchev–Trinajstić information content (AvgIpc) is 3.45. The number of benzene rings is 1. The molecular formula is C20H21N5OS. The normalized spacial score (nSPS) is 13.5. The van der Waals surface area contributed by atoms with Crippen molar-refractivity contribution in [3.63, 3.8) is 0 Å². The minimum absolute atomic E-state index is 0.000869. The van der Waals surface area contributed by atoms with E-state index in [-0.39, 0.29) is 5.91 Å². The maximum absolute atomic E-state index is 12.3. The van der Waals surface area contributed by atoms with Crippen LogP contribution in [-0.4, -0.2) is 31.4 Å². The highest BCUT2D eigenvalue weighted by Crippen LogP contribution is 2.40. The van der Waals surface area contributed by atoms with E-state index in [1.165, 1.54) is 17.3 Å². The van der Waals surface area contributed by atoms with Crippen molar-refractivity contribution in [3.8, 4) is 11.4 Å². The number of aromatic nitrogens is 4. The Morgan fingerprint density at radius 3 is 2.70 bits per heavy atom. The third-order valence-corrected chi connectivity index (χ3v) is 5.53. The first-order valence-electron chi connectivity index (χ1n) is 9.01. The van der Waals surface area contributed by atoms with Gasteiger partial charge in [0.25, 0.3) is 0 Å². The van der Waals surface area contributed by atoms with Crippen molar-refractivity contribution in [3.05, 3.63) is 59.9 Å². The molecule has 3 aromatic rings. The van der Waals surface area contributed by atoms with Crippen LogP contribution in [0.25, 0.3) is 11.4 Å². The van der Waals surface area contributed by atoms with Crippen molar-refractivity contribution in [2.45, 2.75) is 37.5 Å². The summed E-state index contributed by atoms with van der Waals surface area (Å²) in [5.74, 6) is 1.18. The van der Waals surface area contributed by atoms with Gasteiger partial charge in [-0.25, -0.2) is 0 Å². The molecule has 1 amide bonds. The van der Waals surface area contributed by atoms with Gasteiger partial charge < -0.3 is 5.32 Å². The first-order chi connectivity index (χ1) is 13.2. The summed E-state index contributed by atoms with van der Waals surface area (Å²) in [5, 5.41) is 12.5. The lowest BCUT2D eigenvalue weighted by Gasteiger charge is -2.09. The average molecular weight is 379 g/mol. The number of nitrogens with one attached hydrogen (secondary N) is 1. The molecular weight excluding hydrogens is 358 g/mol. The van der Waals surface area contributed by atoms with Gasteiger partial charge in [0.15, 0.2) is 11.0 Å². The molecule has 7 heteroatoms. The summed E-state index contributed by atoms with van der Waals surface area (Å²) in [7, 11) is 0. The maximum atomic E-state index is 12.3. The molecule has 1 aliphatic carbocycles. The van der Waals surface area contributed by atoms with Gasteiger partial charge in [0.2, 0.25) is 5.91 Å². The third-order valence-electron chi connectivity index (χ3n) is 4.58. The minimum Gasteiger partial charge on any atom is -0.351 e. The topological polar surface area (TPSA) is 72.7 Å². The molecule has 0 spiro atoms. The molecule has 1 N–H and O–H groups in total. The first kappa shape index (κ1) is 17.7.